The Kier molecular flexibility index (Phi) is 5.44. The molecule has 0 aliphatic carbocycles. The summed E-state index contributed by atoms with van der Waals surface area (Å²) in [7, 11) is 3.80. The predicted octanol–water partition coefficient (Wildman–Crippen LogP) is 0.974. The summed E-state index contributed by atoms with van der Waals surface area (Å²) in [5, 5.41) is 22.1. The summed E-state index contributed by atoms with van der Waals surface area (Å²) in [4.78, 5) is 16.6. The molecule has 1 aromatic rings. The number of benzene rings is 1. The molecule has 0 saturated heterocycles. The van der Waals surface area contributed by atoms with E-state index in [4.69, 9.17) is 5.26 Å². The van der Waals surface area contributed by atoms with Crippen molar-refractivity contribution in [3.05, 3.63) is 39.9 Å². The van der Waals surface area contributed by atoms with Gasteiger partial charge in [0, 0.05) is 12.6 Å². The number of nitriles is 1. The molecule has 1 N–H and O–H groups in total. The first-order valence-corrected chi connectivity index (χ1v) is 5.64. The van der Waals surface area contributed by atoms with Crippen LogP contribution in [0.5, 0.6) is 0 Å². The van der Waals surface area contributed by atoms with Crippen LogP contribution in [0.25, 0.3) is 0 Å². The third-order valence-corrected chi connectivity index (χ3v) is 2.35. The maximum absolute atomic E-state index is 10.9. The zero-order valence-electron chi connectivity index (χ0n) is 10.8. The molecule has 0 fully saturated rings. The second-order valence-electron chi connectivity index (χ2n) is 4.04. The molecule has 100 valence electrons. The molecule has 1 rings (SSSR count). The third-order valence-electron chi connectivity index (χ3n) is 2.35. The van der Waals surface area contributed by atoms with Crippen LogP contribution < -0.4 is 5.32 Å². The Morgan fingerprint density at radius 2 is 2.21 bits per heavy atom. The molecule has 0 aromatic heterocycles. The van der Waals surface area contributed by atoms with Gasteiger partial charge in [0.05, 0.1) is 17.0 Å². The highest BCUT2D eigenvalue weighted by Gasteiger charge is 2.17. The molecule has 0 saturated carbocycles. The van der Waals surface area contributed by atoms with E-state index in [0.717, 1.165) is 0 Å². The van der Waals surface area contributed by atoms with Gasteiger partial charge in [-0.1, -0.05) is 12.1 Å². The van der Waals surface area contributed by atoms with E-state index in [2.05, 4.69) is 10.3 Å². The van der Waals surface area contributed by atoms with E-state index in [1.165, 1.54) is 6.07 Å². The van der Waals surface area contributed by atoms with Gasteiger partial charge in [0.25, 0.3) is 5.69 Å². The Morgan fingerprint density at radius 1 is 1.53 bits per heavy atom. The minimum Gasteiger partial charge on any atom is -0.308 e. The second kappa shape index (κ2) is 7.08. The van der Waals surface area contributed by atoms with E-state index in [1.54, 1.807) is 24.4 Å². The first-order valence-electron chi connectivity index (χ1n) is 5.64. The van der Waals surface area contributed by atoms with Crippen molar-refractivity contribution in [2.45, 2.75) is 0 Å². The van der Waals surface area contributed by atoms with Crippen LogP contribution in [0.15, 0.2) is 29.3 Å². The second-order valence-corrected chi connectivity index (χ2v) is 4.04. The van der Waals surface area contributed by atoms with Crippen molar-refractivity contribution in [3.8, 4) is 6.19 Å². The molecule has 0 bridgehead atoms. The van der Waals surface area contributed by atoms with Gasteiger partial charge in [-0.15, -0.1) is 0 Å². The van der Waals surface area contributed by atoms with Crippen LogP contribution in [0.4, 0.5) is 5.69 Å². The lowest BCUT2D eigenvalue weighted by Gasteiger charge is -2.08. The van der Waals surface area contributed by atoms with E-state index < -0.39 is 4.92 Å². The quantitative estimate of drug-likeness (QED) is 0.213. The summed E-state index contributed by atoms with van der Waals surface area (Å²) in [5.41, 5.74) is 0.238. The first-order chi connectivity index (χ1) is 9.06. The van der Waals surface area contributed by atoms with Crippen molar-refractivity contribution in [2.24, 2.45) is 4.99 Å². The average molecular weight is 261 g/mol. The number of nitro benzene ring substituents is 1. The minimum absolute atomic E-state index is 0.0751. The van der Waals surface area contributed by atoms with Crippen molar-refractivity contribution in [1.29, 1.82) is 5.26 Å². The van der Waals surface area contributed by atoms with Crippen LogP contribution in [-0.2, 0) is 0 Å². The monoisotopic (exact) mass is 261 g/mol. The van der Waals surface area contributed by atoms with E-state index in [0.29, 0.717) is 18.7 Å². The Labute approximate surface area is 111 Å². The van der Waals surface area contributed by atoms with Crippen molar-refractivity contribution < 1.29 is 4.92 Å². The highest BCUT2D eigenvalue weighted by molar-refractivity contribution is 6.03. The molecule has 0 unspecified atom stereocenters. The number of nitro groups is 1. The Bertz CT molecular complexity index is 519. The standard InChI is InChI=1S/C12H15N5O2/c1-16(2)8-7-14-12(15-9-13)10-5-3-4-6-11(10)17(18)19/h3-6H,7-8H2,1-2H3,(H,14,15). The van der Waals surface area contributed by atoms with Gasteiger partial charge in [-0.3, -0.25) is 20.4 Å². The first kappa shape index (κ1) is 14.6. The van der Waals surface area contributed by atoms with Gasteiger partial charge in [-0.25, -0.2) is 0 Å². The van der Waals surface area contributed by atoms with Crippen molar-refractivity contribution in [2.75, 3.05) is 27.2 Å². The molecule has 7 nitrogen and oxygen atoms in total. The zero-order chi connectivity index (χ0) is 14.3. The summed E-state index contributed by atoms with van der Waals surface area (Å²) in [6.07, 6.45) is 1.75. The summed E-state index contributed by atoms with van der Waals surface area (Å²) >= 11 is 0. The predicted molar refractivity (Wildman–Crippen MR) is 71.8 cm³/mol. The highest BCUT2D eigenvalue weighted by Crippen LogP contribution is 2.17. The van der Waals surface area contributed by atoms with Crippen molar-refractivity contribution in [3.63, 3.8) is 0 Å². The number of para-hydroxylation sites is 1. The van der Waals surface area contributed by atoms with Gasteiger partial charge in [0.1, 0.15) is 5.84 Å². The molecule has 7 heteroatoms. The van der Waals surface area contributed by atoms with Gasteiger partial charge in [0.15, 0.2) is 6.19 Å². The summed E-state index contributed by atoms with van der Waals surface area (Å²) in [6, 6.07) is 6.20. The van der Waals surface area contributed by atoms with Gasteiger partial charge >= 0.3 is 0 Å². The molecule has 0 aliphatic rings. The van der Waals surface area contributed by atoms with Crippen LogP contribution in [0.3, 0.4) is 0 Å². The largest absolute Gasteiger partial charge is 0.308 e. The summed E-state index contributed by atoms with van der Waals surface area (Å²) in [5.74, 6) is 0.219. The van der Waals surface area contributed by atoms with Crippen LogP contribution in [0, 0.1) is 21.6 Å². The fraction of sp³-hybridized carbons (Fsp3) is 0.333. The van der Waals surface area contributed by atoms with E-state index in [9.17, 15) is 10.1 Å². The van der Waals surface area contributed by atoms with E-state index in [-0.39, 0.29) is 11.5 Å². The number of hydrogen-bond donors (Lipinski definition) is 1. The molecule has 0 aliphatic heterocycles. The fourth-order valence-electron chi connectivity index (χ4n) is 1.44. The molecule has 0 amide bonds. The molecule has 0 atom stereocenters. The Morgan fingerprint density at radius 3 is 2.79 bits per heavy atom. The normalized spacial score (nSPS) is 11.2. The van der Waals surface area contributed by atoms with Gasteiger partial charge < -0.3 is 4.90 Å². The van der Waals surface area contributed by atoms with Gasteiger partial charge in [-0.2, -0.15) is 5.26 Å². The van der Waals surface area contributed by atoms with E-state index in [1.807, 2.05) is 19.0 Å². The zero-order valence-corrected chi connectivity index (χ0v) is 10.8. The summed E-state index contributed by atoms with van der Waals surface area (Å²) in [6.45, 7) is 1.14. The molecule has 1 aromatic carbocycles. The topological polar surface area (TPSA) is 94.6 Å². The van der Waals surface area contributed by atoms with Crippen LogP contribution in [0.1, 0.15) is 5.56 Å². The van der Waals surface area contributed by atoms with Crippen molar-refractivity contribution in [1.82, 2.24) is 10.2 Å². The molecule has 0 heterocycles. The van der Waals surface area contributed by atoms with Crippen LogP contribution in [-0.4, -0.2) is 42.8 Å². The maximum atomic E-state index is 10.9. The number of nitrogens with zero attached hydrogens (tertiary/aromatic N) is 4. The highest BCUT2D eigenvalue weighted by atomic mass is 16.6. The lowest BCUT2D eigenvalue weighted by atomic mass is 10.1. The van der Waals surface area contributed by atoms with Gasteiger partial charge in [-0.05, 0) is 20.2 Å². The SMILES string of the molecule is CN(C)CCN=C(NC#N)c1ccccc1[N+](=O)[O-]. The number of aliphatic imine (C=N–C) groups is 1. The lowest BCUT2D eigenvalue weighted by molar-refractivity contribution is -0.385. The van der Waals surface area contributed by atoms with Crippen molar-refractivity contribution >= 4 is 11.5 Å². The smallest absolute Gasteiger partial charge is 0.280 e. The fourth-order valence-corrected chi connectivity index (χ4v) is 1.44. The number of rotatable bonds is 5. The number of nitrogens with one attached hydrogen (secondary N) is 1. The minimum atomic E-state index is -0.490. The number of amidine groups is 1. The number of hydrogen-bond acceptors (Lipinski definition) is 5. The Hall–Kier alpha value is -2.46. The Balaban J connectivity index is 3.06. The third kappa shape index (κ3) is 4.37. The van der Waals surface area contributed by atoms with Crippen LogP contribution >= 0.6 is 0 Å². The lowest BCUT2D eigenvalue weighted by Crippen LogP contribution is -2.23. The summed E-state index contributed by atoms with van der Waals surface area (Å²) < 4.78 is 0. The molecule has 0 spiro atoms. The molecular weight excluding hydrogens is 246 g/mol. The molecule has 0 radical (unpaired) electrons. The van der Waals surface area contributed by atoms with Gasteiger partial charge in [0.2, 0.25) is 0 Å². The molecule has 19 heavy (non-hydrogen) atoms. The molecular formula is C12H15N5O2. The van der Waals surface area contributed by atoms with E-state index >= 15 is 0 Å². The maximum Gasteiger partial charge on any atom is 0.280 e. The average Bonchev–Trinajstić information content (AvgIpc) is 2.37. The van der Waals surface area contributed by atoms with Crippen LogP contribution in [0.2, 0.25) is 0 Å². The number of likely N-dealkylation sites (N-methyl/N-ethyl adjacent to an activating group) is 1.